The fourth-order valence-electron chi connectivity index (χ4n) is 4.28. The Bertz CT molecular complexity index is 1230. The van der Waals surface area contributed by atoms with Crippen LogP contribution in [-0.2, 0) is 9.59 Å². The molecule has 8 heteroatoms. The van der Waals surface area contributed by atoms with Crippen molar-refractivity contribution in [1.82, 2.24) is 19.6 Å². The lowest BCUT2D eigenvalue weighted by atomic mass is 9.95. The van der Waals surface area contributed by atoms with Crippen molar-refractivity contribution in [2.24, 2.45) is 0 Å². The highest BCUT2D eigenvalue weighted by atomic mass is 19.1. The number of benzene rings is 2. The molecule has 4 rings (SSSR count). The number of rotatable bonds is 7. The van der Waals surface area contributed by atoms with Gasteiger partial charge >= 0.3 is 0 Å². The number of halogens is 1. The summed E-state index contributed by atoms with van der Waals surface area (Å²) in [4.78, 5) is 29.6. The summed E-state index contributed by atoms with van der Waals surface area (Å²) in [6.07, 6.45) is 2.13. The van der Waals surface area contributed by atoms with E-state index in [1.165, 1.54) is 23.2 Å². The van der Waals surface area contributed by atoms with Crippen LogP contribution in [0.15, 0.2) is 66.4 Å². The monoisotopic (exact) mass is 462 g/mol. The second-order valence-electron chi connectivity index (χ2n) is 8.59. The van der Waals surface area contributed by atoms with Gasteiger partial charge in [0.15, 0.2) is 0 Å². The molecule has 0 bridgehead atoms. The van der Waals surface area contributed by atoms with E-state index < -0.39 is 23.5 Å². The molecule has 2 heterocycles. The van der Waals surface area contributed by atoms with Gasteiger partial charge in [-0.3, -0.25) is 9.59 Å². The Labute approximate surface area is 197 Å². The zero-order valence-corrected chi connectivity index (χ0v) is 19.4. The molecule has 1 aromatic heterocycles. The van der Waals surface area contributed by atoms with Crippen LogP contribution in [0.1, 0.15) is 29.3 Å². The lowest BCUT2D eigenvalue weighted by Gasteiger charge is -2.26. The van der Waals surface area contributed by atoms with Gasteiger partial charge in [0.1, 0.15) is 11.6 Å². The molecule has 0 saturated carbocycles. The first-order chi connectivity index (χ1) is 16.3. The fraction of sp³-hybridized carbons (Fsp3) is 0.269. The molecule has 0 spiro atoms. The topological polar surface area (TPSA) is 78.7 Å². The number of para-hydroxylation sites is 1. The van der Waals surface area contributed by atoms with Crippen LogP contribution in [0.3, 0.4) is 0 Å². The van der Waals surface area contributed by atoms with Crippen LogP contribution in [0.25, 0.3) is 11.4 Å². The van der Waals surface area contributed by atoms with Gasteiger partial charge in [0.25, 0.3) is 11.7 Å². The number of carbonyl (C=O) groups is 2. The Balaban J connectivity index is 1.80. The number of aromatic nitrogens is 2. The van der Waals surface area contributed by atoms with Gasteiger partial charge in [0, 0.05) is 6.54 Å². The third-order valence-electron chi connectivity index (χ3n) is 6.00. The first-order valence-electron chi connectivity index (χ1n) is 11.1. The molecule has 1 N–H and O–H groups in total. The second kappa shape index (κ2) is 9.61. The summed E-state index contributed by atoms with van der Waals surface area (Å²) in [5.74, 6) is -2.15. The Morgan fingerprint density at radius 3 is 2.41 bits per heavy atom. The molecule has 7 nitrogen and oxygen atoms in total. The minimum Gasteiger partial charge on any atom is -0.507 e. The van der Waals surface area contributed by atoms with Crippen molar-refractivity contribution in [1.29, 1.82) is 0 Å². The van der Waals surface area contributed by atoms with Crippen LogP contribution in [0, 0.1) is 12.7 Å². The van der Waals surface area contributed by atoms with Gasteiger partial charge in [0.05, 0.1) is 34.8 Å². The van der Waals surface area contributed by atoms with Gasteiger partial charge in [0.2, 0.25) is 0 Å². The maximum atomic E-state index is 13.6. The normalized spacial score (nSPS) is 17.7. The van der Waals surface area contributed by atoms with Gasteiger partial charge in [-0.15, -0.1) is 0 Å². The van der Waals surface area contributed by atoms with E-state index in [9.17, 15) is 19.1 Å². The van der Waals surface area contributed by atoms with Crippen molar-refractivity contribution in [3.63, 3.8) is 0 Å². The van der Waals surface area contributed by atoms with E-state index in [1.54, 1.807) is 23.7 Å². The maximum Gasteiger partial charge on any atom is 0.295 e. The number of Topliss-reactive ketones (excluding diaryl/α,β-unsaturated/α-hetero) is 1. The largest absolute Gasteiger partial charge is 0.507 e. The number of hydrogen-bond donors (Lipinski definition) is 1. The number of aliphatic hydroxyl groups excluding tert-OH is 1. The van der Waals surface area contributed by atoms with Gasteiger partial charge < -0.3 is 14.9 Å². The molecule has 3 aromatic rings. The lowest BCUT2D eigenvalue weighted by Crippen LogP contribution is -2.32. The van der Waals surface area contributed by atoms with Crippen LogP contribution in [0.5, 0.6) is 0 Å². The number of amides is 1. The fourth-order valence-corrected chi connectivity index (χ4v) is 4.28. The summed E-state index contributed by atoms with van der Waals surface area (Å²) in [5, 5.41) is 15.7. The minimum absolute atomic E-state index is 0.0165. The highest BCUT2D eigenvalue weighted by Crippen LogP contribution is 2.40. The van der Waals surface area contributed by atoms with Gasteiger partial charge in [-0.1, -0.05) is 30.3 Å². The SMILES string of the molecule is Cc1c(/C(O)=C2/C(=O)C(=O)N(CCCN(C)C)C2c2ccc(F)cc2)cnn1-c1ccccc1. The summed E-state index contributed by atoms with van der Waals surface area (Å²) in [5.41, 5.74) is 2.33. The summed E-state index contributed by atoms with van der Waals surface area (Å²) in [6.45, 7) is 2.83. The number of carbonyl (C=O) groups excluding carboxylic acids is 2. The zero-order chi connectivity index (χ0) is 24.4. The average molecular weight is 463 g/mol. The zero-order valence-electron chi connectivity index (χ0n) is 19.4. The van der Waals surface area contributed by atoms with E-state index in [-0.39, 0.29) is 11.3 Å². The van der Waals surface area contributed by atoms with Crippen LogP contribution >= 0.6 is 0 Å². The Morgan fingerprint density at radius 2 is 1.76 bits per heavy atom. The third-order valence-corrected chi connectivity index (χ3v) is 6.00. The highest BCUT2D eigenvalue weighted by molar-refractivity contribution is 6.46. The van der Waals surface area contributed by atoms with E-state index in [1.807, 2.05) is 49.3 Å². The van der Waals surface area contributed by atoms with Gasteiger partial charge in [-0.25, -0.2) is 9.07 Å². The Morgan fingerprint density at radius 1 is 1.09 bits per heavy atom. The Kier molecular flexibility index (Phi) is 6.61. The second-order valence-corrected chi connectivity index (χ2v) is 8.59. The molecule has 176 valence electrons. The van der Waals surface area contributed by atoms with E-state index >= 15 is 0 Å². The molecule has 0 aliphatic carbocycles. The smallest absolute Gasteiger partial charge is 0.295 e. The minimum atomic E-state index is -0.817. The van der Waals surface area contributed by atoms with Crippen molar-refractivity contribution in [2.45, 2.75) is 19.4 Å². The molecule has 0 radical (unpaired) electrons. The first-order valence-corrected chi connectivity index (χ1v) is 11.1. The van der Waals surface area contributed by atoms with Crippen LogP contribution in [0.2, 0.25) is 0 Å². The van der Waals surface area contributed by atoms with Crippen molar-refractivity contribution in [3.05, 3.63) is 89.0 Å². The third kappa shape index (κ3) is 4.36. The summed E-state index contributed by atoms with van der Waals surface area (Å²) in [7, 11) is 3.86. The molecule has 1 amide bonds. The number of aliphatic hydroxyl groups is 1. The van der Waals surface area contributed by atoms with Gasteiger partial charge in [-0.05, 0) is 63.8 Å². The molecule has 1 saturated heterocycles. The lowest BCUT2D eigenvalue weighted by molar-refractivity contribution is -0.139. The number of ketones is 1. The number of hydrogen-bond acceptors (Lipinski definition) is 5. The summed E-state index contributed by atoms with van der Waals surface area (Å²) in [6, 6.07) is 14.2. The maximum absolute atomic E-state index is 13.6. The van der Waals surface area contributed by atoms with Gasteiger partial charge in [-0.2, -0.15) is 5.10 Å². The van der Waals surface area contributed by atoms with Crippen LogP contribution in [-0.4, -0.2) is 63.6 Å². The number of nitrogens with zero attached hydrogens (tertiary/aromatic N) is 4. The van der Waals surface area contributed by atoms with E-state index in [0.717, 1.165) is 12.2 Å². The predicted molar refractivity (Wildman–Crippen MR) is 127 cm³/mol. The van der Waals surface area contributed by atoms with E-state index in [2.05, 4.69) is 5.10 Å². The summed E-state index contributed by atoms with van der Waals surface area (Å²) < 4.78 is 15.3. The van der Waals surface area contributed by atoms with E-state index in [4.69, 9.17) is 0 Å². The molecule has 34 heavy (non-hydrogen) atoms. The van der Waals surface area contributed by atoms with Crippen molar-refractivity contribution < 1.29 is 19.1 Å². The summed E-state index contributed by atoms with van der Waals surface area (Å²) >= 11 is 0. The van der Waals surface area contributed by atoms with Crippen LogP contribution < -0.4 is 0 Å². The van der Waals surface area contributed by atoms with E-state index in [0.29, 0.717) is 29.8 Å². The average Bonchev–Trinajstić information content (AvgIpc) is 3.32. The highest BCUT2D eigenvalue weighted by Gasteiger charge is 2.46. The number of likely N-dealkylation sites (tertiary alicyclic amines) is 1. The molecular formula is C26H27FN4O3. The predicted octanol–water partition coefficient (Wildman–Crippen LogP) is 3.69. The van der Waals surface area contributed by atoms with Crippen molar-refractivity contribution >= 4 is 17.4 Å². The molecular weight excluding hydrogens is 435 g/mol. The molecule has 1 aliphatic heterocycles. The van der Waals surface area contributed by atoms with Crippen molar-refractivity contribution in [2.75, 3.05) is 27.2 Å². The standard InChI is InChI=1S/C26H27FN4O3/c1-17-21(16-28-31(17)20-8-5-4-6-9-20)24(32)22-23(18-10-12-19(27)13-11-18)30(26(34)25(22)33)15-7-14-29(2)3/h4-6,8-13,16,23,32H,7,14-15H2,1-3H3/b24-22-. The molecule has 1 fully saturated rings. The Hall–Kier alpha value is -3.78. The quantitative estimate of drug-likeness (QED) is 0.329. The molecule has 1 unspecified atom stereocenters. The molecule has 1 atom stereocenters. The van der Waals surface area contributed by atoms with Crippen molar-refractivity contribution in [3.8, 4) is 5.69 Å². The molecule has 2 aromatic carbocycles. The molecule has 1 aliphatic rings. The van der Waals surface area contributed by atoms with Crippen LogP contribution in [0.4, 0.5) is 4.39 Å². The first kappa shape index (κ1) is 23.4.